The van der Waals surface area contributed by atoms with Crippen molar-refractivity contribution in [3.8, 4) is 28.9 Å². The molecule has 2 aliphatic rings. The molecule has 5 rings (SSSR count). The van der Waals surface area contributed by atoms with Crippen LogP contribution < -0.4 is 20.1 Å². The first-order valence-corrected chi connectivity index (χ1v) is 13.7. The number of aromatic nitrogens is 1. The molecule has 220 valence electrons. The number of halogens is 2. The van der Waals surface area contributed by atoms with E-state index < -0.39 is 46.2 Å². The summed E-state index contributed by atoms with van der Waals surface area (Å²) in [5.41, 5.74) is 6.76. The molecule has 42 heavy (non-hydrogen) atoms. The third-order valence-corrected chi connectivity index (χ3v) is 8.38. The number of aromatic hydroxyl groups is 1. The van der Waals surface area contributed by atoms with Crippen molar-refractivity contribution >= 4 is 35.5 Å². The number of ether oxygens (including phenoxy) is 2. The zero-order valence-electron chi connectivity index (χ0n) is 22.8. The Morgan fingerprint density at radius 1 is 1.19 bits per heavy atom. The number of hydrogen-bond donors (Lipinski definition) is 4. The van der Waals surface area contributed by atoms with Crippen molar-refractivity contribution in [1.29, 1.82) is 5.41 Å². The van der Waals surface area contributed by atoms with E-state index >= 15 is 4.39 Å². The molecule has 0 saturated carbocycles. The van der Waals surface area contributed by atoms with Crippen LogP contribution in [0.5, 0.6) is 28.9 Å². The summed E-state index contributed by atoms with van der Waals surface area (Å²) in [7, 11) is 1.82. The van der Waals surface area contributed by atoms with E-state index in [9.17, 15) is 19.4 Å². The highest BCUT2D eigenvalue weighted by Crippen LogP contribution is 2.45. The van der Waals surface area contributed by atoms with Gasteiger partial charge in [-0.3, -0.25) is 15.3 Å². The molecule has 1 fully saturated rings. The number of pyridine rings is 1. The molecular weight excluding hydrogens is 570 g/mol. The molecule has 0 aliphatic carbocycles. The number of nitrogens with zero attached hydrogens (tertiary/aromatic N) is 4. The number of thioether (sulfide) groups is 1. The average molecular weight is 599 g/mol. The first-order chi connectivity index (χ1) is 19.9. The molecule has 3 heterocycles. The molecule has 2 atom stereocenters. The predicted octanol–water partition coefficient (Wildman–Crippen LogP) is 4.69. The zero-order valence-corrected chi connectivity index (χ0v) is 23.7. The van der Waals surface area contributed by atoms with Crippen molar-refractivity contribution in [1.82, 2.24) is 9.88 Å². The van der Waals surface area contributed by atoms with Crippen LogP contribution in [0.1, 0.15) is 31.1 Å². The number of aliphatic carboxylic acids is 1. The van der Waals surface area contributed by atoms with Gasteiger partial charge in [0, 0.05) is 34.3 Å². The van der Waals surface area contributed by atoms with E-state index in [0.717, 1.165) is 0 Å². The predicted molar refractivity (Wildman–Crippen MR) is 154 cm³/mol. The van der Waals surface area contributed by atoms with Gasteiger partial charge in [-0.1, -0.05) is 0 Å². The third-order valence-electron chi connectivity index (χ3n) is 7.01. The Morgan fingerprint density at radius 2 is 1.95 bits per heavy atom. The van der Waals surface area contributed by atoms with Crippen molar-refractivity contribution in [2.45, 2.75) is 30.8 Å². The molecule has 0 bridgehead atoms. The van der Waals surface area contributed by atoms with Crippen LogP contribution in [0.15, 0.2) is 47.6 Å². The van der Waals surface area contributed by atoms with Gasteiger partial charge in [-0.2, -0.15) is 4.39 Å². The number of nitrogens with two attached hydrogens (primary N) is 1. The second-order valence-corrected chi connectivity index (χ2v) is 11.9. The fourth-order valence-corrected chi connectivity index (χ4v) is 5.97. The first-order valence-electron chi connectivity index (χ1n) is 12.7. The Balaban J connectivity index is 1.53. The molecule has 14 heteroatoms. The summed E-state index contributed by atoms with van der Waals surface area (Å²) in [5, 5.41) is 27.7. The Kier molecular flexibility index (Phi) is 7.68. The number of carbonyl (C=O) groups is 1. The second-order valence-electron chi connectivity index (χ2n) is 10.3. The standard InChI is InChI=1S/C28H28F2N6O5S/c1-28(2)23(27(38)39)36(13-42-28)15-5-7-19(16(11-15)25-33-8-9-35(25)3)40-22-17(29)12-34-26(21(22)30)41-20-10-14(24(31)32)4-6-18(20)37/h4-8,10-12,23,25,37H,9,13H2,1-3H3,(H3,31,32)(H,38,39). The van der Waals surface area contributed by atoms with Crippen LogP contribution in [0.25, 0.3) is 0 Å². The van der Waals surface area contributed by atoms with Crippen molar-refractivity contribution in [2.24, 2.45) is 10.7 Å². The number of nitrogens with one attached hydrogen (secondary N) is 1. The van der Waals surface area contributed by atoms with Crippen LogP contribution in [-0.4, -0.2) is 68.4 Å². The van der Waals surface area contributed by atoms with E-state index in [1.165, 1.54) is 36.0 Å². The van der Waals surface area contributed by atoms with Gasteiger partial charge in [-0.15, -0.1) is 11.8 Å². The van der Waals surface area contributed by atoms with Gasteiger partial charge in [0.25, 0.3) is 5.88 Å². The molecule has 2 aromatic carbocycles. The fraction of sp³-hybridized carbons (Fsp3) is 0.286. The minimum Gasteiger partial charge on any atom is -0.504 e. The van der Waals surface area contributed by atoms with Gasteiger partial charge in [-0.05, 0) is 57.3 Å². The average Bonchev–Trinajstić information content (AvgIpc) is 3.50. The summed E-state index contributed by atoms with van der Waals surface area (Å²) >= 11 is 1.51. The summed E-state index contributed by atoms with van der Waals surface area (Å²) in [6.45, 7) is 4.26. The lowest BCUT2D eigenvalue weighted by Crippen LogP contribution is -2.46. The minimum absolute atomic E-state index is 0.0870. The Hall–Kier alpha value is -4.43. The monoisotopic (exact) mass is 598 g/mol. The highest BCUT2D eigenvalue weighted by atomic mass is 32.2. The largest absolute Gasteiger partial charge is 0.504 e. The Bertz CT molecular complexity index is 1600. The molecular formula is C28H28F2N6O5S. The summed E-state index contributed by atoms with van der Waals surface area (Å²) in [5.74, 6) is -5.25. The summed E-state index contributed by atoms with van der Waals surface area (Å²) < 4.78 is 41.2. The van der Waals surface area contributed by atoms with Gasteiger partial charge in [-0.25, -0.2) is 14.2 Å². The molecule has 2 aliphatic heterocycles. The Morgan fingerprint density at radius 3 is 2.62 bits per heavy atom. The molecule has 1 aromatic heterocycles. The van der Waals surface area contributed by atoms with Gasteiger partial charge in [0.15, 0.2) is 17.3 Å². The smallest absolute Gasteiger partial charge is 0.327 e. The number of rotatable bonds is 8. The van der Waals surface area contributed by atoms with E-state index in [2.05, 4.69) is 9.98 Å². The fourth-order valence-electron chi connectivity index (χ4n) is 4.81. The van der Waals surface area contributed by atoms with Crippen LogP contribution in [0.3, 0.4) is 0 Å². The molecule has 5 N–H and O–H groups in total. The lowest BCUT2D eigenvalue weighted by molar-refractivity contribution is -0.139. The number of carboxylic acid groups (broad SMARTS) is 1. The lowest BCUT2D eigenvalue weighted by atomic mass is 10.0. The number of phenolic OH excluding ortho intramolecular Hbond substituents is 1. The van der Waals surface area contributed by atoms with Gasteiger partial charge < -0.3 is 30.3 Å². The number of aliphatic imine (C=N–C) groups is 1. The highest BCUT2D eigenvalue weighted by molar-refractivity contribution is 8.01. The molecule has 11 nitrogen and oxygen atoms in total. The van der Waals surface area contributed by atoms with Gasteiger partial charge >= 0.3 is 5.97 Å². The van der Waals surface area contributed by atoms with E-state index in [1.54, 1.807) is 23.2 Å². The molecule has 0 spiro atoms. The maximum Gasteiger partial charge on any atom is 0.327 e. The van der Waals surface area contributed by atoms with Gasteiger partial charge in [0.1, 0.15) is 23.8 Å². The number of hydrogen-bond acceptors (Lipinski definition) is 10. The molecule has 2 unspecified atom stereocenters. The third kappa shape index (κ3) is 5.42. The van der Waals surface area contributed by atoms with Crippen LogP contribution >= 0.6 is 11.8 Å². The van der Waals surface area contributed by atoms with E-state index in [0.29, 0.717) is 29.9 Å². The van der Waals surface area contributed by atoms with Crippen LogP contribution in [0.2, 0.25) is 0 Å². The van der Waals surface area contributed by atoms with Crippen molar-refractivity contribution < 1.29 is 33.3 Å². The normalized spacial score (nSPS) is 19.7. The van der Waals surface area contributed by atoms with Gasteiger partial charge in [0.05, 0.1) is 12.1 Å². The number of anilines is 1. The van der Waals surface area contributed by atoms with Gasteiger partial charge in [0.2, 0.25) is 11.6 Å². The lowest BCUT2D eigenvalue weighted by Gasteiger charge is -2.30. The summed E-state index contributed by atoms with van der Waals surface area (Å²) in [4.78, 5) is 24.0. The van der Waals surface area contributed by atoms with Crippen LogP contribution in [0.4, 0.5) is 14.5 Å². The van der Waals surface area contributed by atoms with Crippen LogP contribution in [0, 0.1) is 17.0 Å². The maximum atomic E-state index is 15.6. The number of phenols is 1. The highest BCUT2D eigenvalue weighted by Gasteiger charge is 2.46. The summed E-state index contributed by atoms with van der Waals surface area (Å²) in [6, 6.07) is 7.87. The molecule has 0 radical (unpaired) electrons. The zero-order chi connectivity index (χ0) is 30.3. The first kappa shape index (κ1) is 29.1. The quantitative estimate of drug-likeness (QED) is 0.212. The number of carboxylic acids is 1. The number of amidine groups is 1. The van der Waals surface area contributed by atoms with E-state index in [-0.39, 0.29) is 28.6 Å². The summed E-state index contributed by atoms with van der Waals surface area (Å²) in [6.07, 6.45) is 1.87. The second kappa shape index (κ2) is 11.1. The molecule has 0 amide bonds. The minimum atomic E-state index is -1.27. The topological polar surface area (TPSA) is 158 Å². The van der Waals surface area contributed by atoms with Crippen molar-refractivity contribution in [3.05, 3.63) is 65.4 Å². The van der Waals surface area contributed by atoms with Crippen LogP contribution in [-0.2, 0) is 4.79 Å². The van der Waals surface area contributed by atoms with E-state index in [1.807, 2.05) is 25.8 Å². The number of benzene rings is 2. The maximum absolute atomic E-state index is 15.6. The SMILES string of the molecule is CN1CC=NC1c1cc(N2CSC(C)(C)C2C(=O)O)ccc1Oc1c(F)cnc(Oc2cc(C(=N)N)ccc2O)c1F. The number of nitrogen functional groups attached to an aromatic ring is 1. The Labute approximate surface area is 244 Å². The molecule has 3 aromatic rings. The van der Waals surface area contributed by atoms with Crippen molar-refractivity contribution in [3.63, 3.8) is 0 Å². The molecule has 1 saturated heterocycles. The van der Waals surface area contributed by atoms with E-state index in [4.69, 9.17) is 20.6 Å². The van der Waals surface area contributed by atoms with Crippen molar-refractivity contribution in [2.75, 3.05) is 24.4 Å².